The number of fused-ring (bicyclic) bond motifs is 2. The molecule has 0 saturated carbocycles. The molecule has 0 aliphatic heterocycles. The maximum absolute atomic E-state index is 12.4. The van der Waals surface area contributed by atoms with Crippen LogP contribution in [0.1, 0.15) is 46.2 Å². The lowest BCUT2D eigenvalue weighted by atomic mass is 10.1. The van der Waals surface area contributed by atoms with Gasteiger partial charge in [-0.2, -0.15) is 26.3 Å². The summed E-state index contributed by atoms with van der Waals surface area (Å²) in [5.74, 6) is -2.66. The predicted molar refractivity (Wildman–Crippen MR) is 166 cm³/mol. The number of H-pyrrole nitrogens is 2. The Balaban J connectivity index is 0.000000260. The van der Waals surface area contributed by atoms with Gasteiger partial charge in [-0.1, -0.05) is 69.6 Å². The number of alkyl halides is 12. The van der Waals surface area contributed by atoms with Crippen molar-refractivity contribution < 1.29 is 54.9 Å². The molecule has 0 amide bonds. The molecule has 4 rings (SSSR count). The highest BCUT2D eigenvalue weighted by Gasteiger charge is 2.34. The smallest absolute Gasteiger partial charge is 0.422 e. The standard InChI is InChI=1S/2C13H10Cl3F3N2O3/c2*1-2-23-10(22)8-7(24-5-12(17,18)19)4-3-6-9(8)21-11(20-6)13(14,15)16/h2*3-4H,2,5H2,1H3,(H,20,21). The van der Waals surface area contributed by atoms with Crippen LogP contribution in [0.2, 0.25) is 0 Å². The molecule has 2 aromatic heterocycles. The molecule has 48 heavy (non-hydrogen) atoms. The van der Waals surface area contributed by atoms with E-state index in [1.165, 1.54) is 24.3 Å². The number of carbonyl (C=O) groups is 2. The van der Waals surface area contributed by atoms with Gasteiger partial charge in [-0.3, -0.25) is 0 Å². The number of aromatic nitrogens is 4. The molecule has 0 aliphatic carbocycles. The Morgan fingerprint density at radius 1 is 0.646 bits per heavy atom. The van der Waals surface area contributed by atoms with Crippen LogP contribution in [0.4, 0.5) is 26.3 Å². The van der Waals surface area contributed by atoms with Crippen LogP contribution in [0, 0.1) is 0 Å². The largest absolute Gasteiger partial charge is 0.483 e. The van der Waals surface area contributed by atoms with Crippen molar-refractivity contribution in [3.8, 4) is 11.5 Å². The number of benzene rings is 2. The van der Waals surface area contributed by atoms with Crippen molar-refractivity contribution in [1.29, 1.82) is 0 Å². The third-order valence-corrected chi connectivity index (χ3v) is 6.59. The molecule has 10 nitrogen and oxygen atoms in total. The van der Waals surface area contributed by atoms with Crippen LogP contribution in [0.15, 0.2) is 24.3 Å². The molecule has 0 radical (unpaired) electrons. The van der Waals surface area contributed by atoms with Gasteiger partial charge in [0.25, 0.3) is 0 Å². The lowest BCUT2D eigenvalue weighted by Crippen LogP contribution is -2.20. The summed E-state index contributed by atoms with van der Waals surface area (Å²) in [6, 6.07) is 5.08. The summed E-state index contributed by atoms with van der Waals surface area (Å²) < 4.78 is 89.6. The molecular formula is C26H20Cl6F6N4O6. The summed E-state index contributed by atoms with van der Waals surface area (Å²) >= 11 is 34.3. The monoisotopic (exact) mass is 808 g/mol. The van der Waals surface area contributed by atoms with E-state index in [-0.39, 0.29) is 69.6 Å². The minimum Gasteiger partial charge on any atom is -0.483 e. The number of carbonyl (C=O) groups excluding carboxylic acids is 2. The molecule has 0 atom stereocenters. The van der Waals surface area contributed by atoms with E-state index >= 15 is 0 Å². The van der Waals surface area contributed by atoms with Gasteiger partial charge in [-0.05, 0) is 38.1 Å². The van der Waals surface area contributed by atoms with Crippen LogP contribution in [0.3, 0.4) is 0 Å². The molecule has 0 fully saturated rings. The first-order chi connectivity index (χ1) is 22.1. The lowest BCUT2D eigenvalue weighted by Gasteiger charge is -2.12. The Morgan fingerprint density at radius 3 is 1.25 bits per heavy atom. The fourth-order valence-electron chi connectivity index (χ4n) is 3.74. The molecule has 2 N–H and O–H groups in total. The molecule has 264 valence electrons. The van der Waals surface area contributed by atoms with Gasteiger partial charge >= 0.3 is 24.3 Å². The first-order valence-corrected chi connectivity index (χ1v) is 15.3. The fraction of sp³-hybridized carbons (Fsp3) is 0.385. The zero-order valence-electron chi connectivity index (χ0n) is 24.0. The summed E-state index contributed by atoms with van der Waals surface area (Å²) in [7, 11) is 0. The second-order valence-electron chi connectivity index (χ2n) is 9.08. The number of ether oxygens (including phenoxy) is 4. The van der Waals surface area contributed by atoms with E-state index in [1.807, 2.05) is 0 Å². The van der Waals surface area contributed by atoms with Crippen molar-refractivity contribution in [1.82, 2.24) is 19.9 Å². The Morgan fingerprint density at radius 2 is 0.979 bits per heavy atom. The van der Waals surface area contributed by atoms with E-state index in [2.05, 4.69) is 19.9 Å². The quantitative estimate of drug-likeness (QED) is 0.103. The zero-order valence-corrected chi connectivity index (χ0v) is 28.6. The Kier molecular flexibility index (Phi) is 12.7. The van der Waals surface area contributed by atoms with Crippen LogP contribution >= 0.6 is 69.6 Å². The highest BCUT2D eigenvalue weighted by Crippen LogP contribution is 2.40. The average molecular weight is 811 g/mol. The third-order valence-electron chi connectivity index (χ3n) is 5.51. The molecule has 0 bridgehead atoms. The maximum atomic E-state index is 12.4. The number of nitrogens with zero attached hydrogens (tertiary/aromatic N) is 2. The first kappa shape index (κ1) is 39.7. The lowest BCUT2D eigenvalue weighted by molar-refractivity contribution is -0.154. The van der Waals surface area contributed by atoms with Gasteiger partial charge in [-0.15, -0.1) is 0 Å². The first-order valence-electron chi connectivity index (χ1n) is 13.0. The van der Waals surface area contributed by atoms with E-state index in [9.17, 15) is 35.9 Å². The van der Waals surface area contributed by atoms with Crippen LogP contribution in [0.25, 0.3) is 22.1 Å². The summed E-state index contributed by atoms with van der Waals surface area (Å²) in [6.45, 7) is -0.0399. The van der Waals surface area contributed by atoms with E-state index in [4.69, 9.17) is 88.6 Å². The topological polar surface area (TPSA) is 128 Å². The second kappa shape index (κ2) is 15.4. The Hall–Kier alpha value is -2.76. The van der Waals surface area contributed by atoms with Crippen molar-refractivity contribution in [2.75, 3.05) is 26.4 Å². The number of aromatic amines is 2. The Labute approximate surface area is 296 Å². The van der Waals surface area contributed by atoms with Crippen molar-refractivity contribution in [3.05, 3.63) is 47.0 Å². The number of esters is 2. The minimum absolute atomic E-state index is 0.00959. The van der Waals surface area contributed by atoms with Gasteiger partial charge in [-0.25, -0.2) is 19.6 Å². The molecule has 4 aromatic rings. The number of hydrogen-bond donors (Lipinski definition) is 2. The molecule has 2 aromatic carbocycles. The molecule has 0 aliphatic rings. The Bertz CT molecular complexity index is 1640. The number of imidazole rings is 2. The average Bonchev–Trinajstić information content (AvgIpc) is 3.59. The molecule has 0 unspecified atom stereocenters. The number of hydrogen-bond acceptors (Lipinski definition) is 8. The number of nitrogens with one attached hydrogen (secondary N) is 2. The van der Waals surface area contributed by atoms with Crippen molar-refractivity contribution in [2.45, 2.75) is 33.8 Å². The molecular weight excluding hydrogens is 791 g/mol. The second-order valence-corrected chi connectivity index (χ2v) is 13.6. The van der Waals surface area contributed by atoms with Crippen molar-refractivity contribution >= 4 is 104 Å². The fourth-order valence-corrected chi connectivity index (χ4v) is 4.28. The SMILES string of the molecule is CCOC(=O)c1c(OCC(F)(F)F)ccc2[nH]c(C(Cl)(Cl)Cl)nc12.CCOC(=O)c1c(OCC(F)(F)F)ccc2[nH]c(C(Cl)(Cl)Cl)nc12. The summed E-state index contributed by atoms with van der Waals surface area (Å²) in [5, 5.41) is 0. The highest BCUT2D eigenvalue weighted by atomic mass is 35.6. The van der Waals surface area contributed by atoms with E-state index in [0.29, 0.717) is 0 Å². The normalized spacial score (nSPS) is 12.5. The van der Waals surface area contributed by atoms with Crippen molar-refractivity contribution in [3.63, 3.8) is 0 Å². The summed E-state index contributed by atoms with van der Waals surface area (Å²) in [5.41, 5.74) is -0.0490. The molecule has 22 heteroatoms. The van der Waals surface area contributed by atoms with Crippen molar-refractivity contribution in [2.24, 2.45) is 0 Å². The maximum Gasteiger partial charge on any atom is 0.422 e. The molecule has 2 heterocycles. The van der Waals surface area contributed by atoms with Gasteiger partial charge in [0.1, 0.15) is 33.7 Å². The van der Waals surface area contributed by atoms with Crippen LogP contribution in [-0.2, 0) is 17.1 Å². The number of halogens is 12. The van der Waals surface area contributed by atoms with E-state index in [0.717, 1.165) is 0 Å². The summed E-state index contributed by atoms with van der Waals surface area (Å²) in [6.07, 6.45) is -9.15. The summed E-state index contributed by atoms with van der Waals surface area (Å²) in [4.78, 5) is 37.6. The zero-order chi connectivity index (χ0) is 36.2. The predicted octanol–water partition coefficient (Wildman–Crippen LogP) is 9.01. The van der Waals surface area contributed by atoms with Gasteiger partial charge in [0.05, 0.1) is 24.2 Å². The number of rotatable bonds is 8. The highest BCUT2D eigenvalue weighted by molar-refractivity contribution is 6.67. The molecule has 0 spiro atoms. The minimum atomic E-state index is -4.57. The van der Waals surface area contributed by atoms with Crippen LogP contribution in [-0.4, -0.2) is 70.7 Å². The van der Waals surface area contributed by atoms with E-state index < -0.39 is 45.1 Å². The van der Waals surface area contributed by atoms with E-state index in [1.54, 1.807) is 13.8 Å². The molecule has 0 saturated heterocycles. The van der Waals surface area contributed by atoms with Gasteiger partial charge in [0.2, 0.25) is 7.59 Å². The van der Waals surface area contributed by atoms with Crippen LogP contribution < -0.4 is 9.47 Å². The van der Waals surface area contributed by atoms with Gasteiger partial charge in [0.15, 0.2) is 24.9 Å². The van der Waals surface area contributed by atoms with Gasteiger partial charge < -0.3 is 28.9 Å². The van der Waals surface area contributed by atoms with Crippen LogP contribution in [0.5, 0.6) is 11.5 Å². The van der Waals surface area contributed by atoms with Gasteiger partial charge in [0, 0.05) is 0 Å². The third kappa shape index (κ3) is 10.6.